The molecule has 0 aliphatic rings. The van der Waals surface area contributed by atoms with E-state index in [0.29, 0.717) is 5.75 Å². The molecule has 2 N–H and O–H groups in total. The maximum absolute atomic E-state index is 11.6. The molecule has 0 heterocycles. The van der Waals surface area contributed by atoms with Gasteiger partial charge in [0.2, 0.25) is 5.91 Å². The van der Waals surface area contributed by atoms with Gasteiger partial charge in [0.15, 0.2) is 0 Å². The molecule has 0 saturated heterocycles. The average Bonchev–Trinajstić information content (AvgIpc) is 2.28. The monoisotopic (exact) mass is 253 g/mol. The summed E-state index contributed by atoms with van der Waals surface area (Å²) >= 11 is 1.35. The first-order valence-corrected chi connectivity index (χ1v) is 6.82. The number of rotatable bonds is 6. The van der Waals surface area contributed by atoms with E-state index in [0.717, 1.165) is 17.7 Å². The fourth-order valence-electron chi connectivity index (χ4n) is 1.54. The van der Waals surface area contributed by atoms with Crippen molar-refractivity contribution in [2.75, 3.05) is 5.75 Å². The summed E-state index contributed by atoms with van der Waals surface area (Å²) in [6, 6.07) is 7.27. The second-order valence-corrected chi connectivity index (χ2v) is 5.03. The number of phenolic OH excluding ortho intramolecular Hbond substituents is 1. The van der Waals surface area contributed by atoms with Crippen molar-refractivity contribution < 1.29 is 9.90 Å². The molecule has 0 aliphatic carbocycles. The zero-order valence-corrected chi connectivity index (χ0v) is 11.1. The molecule has 1 unspecified atom stereocenters. The van der Waals surface area contributed by atoms with E-state index in [1.807, 2.05) is 19.1 Å². The summed E-state index contributed by atoms with van der Waals surface area (Å²) in [6.45, 7) is 4.10. The van der Waals surface area contributed by atoms with Gasteiger partial charge in [-0.15, -0.1) is 11.8 Å². The van der Waals surface area contributed by atoms with Gasteiger partial charge in [-0.3, -0.25) is 4.79 Å². The van der Waals surface area contributed by atoms with Crippen LogP contribution in [-0.4, -0.2) is 22.8 Å². The Bertz CT molecular complexity index is 368. The lowest BCUT2D eigenvalue weighted by Crippen LogP contribution is -2.33. The first-order chi connectivity index (χ1) is 8.13. The largest absolute Gasteiger partial charge is 0.507 e. The number of phenols is 1. The van der Waals surface area contributed by atoms with Crippen molar-refractivity contribution in [3.63, 3.8) is 0 Å². The van der Waals surface area contributed by atoms with Gasteiger partial charge >= 0.3 is 0 Å². The number of carbonyl (C=O) groups excluding carboxylic acids is 1. The Morgan fingerprint density at radius 3 is 2.82 bits per heavy atom. The number of thioether (sulfide) groups is 1. The second kappa shape index (κ2) is 7.22. The van der Waals surface area contributed by atoms with Gasteiger partial charge in [-0.25, -0.2) is 0 Å². The SMILES string of the molecule is CCCC(C)NC(=O)CSc1ccccc1O. The van der Waals surface area contributed by atoms with Gasteiger partial charge in [0.05, 0.1) is 5.75 Å². The Kier molecular flexibility index (Phi) is 5.91. The van der Waals surface area contributed by atoms with Crippen LogP contribution >= 0.6 is 11.8 Å². The van der Waals surface area contributed by atoms with Gasteiger partial charge in [-0.1, -0.05) is 25.5 Å². The predicted octanol–water partition coefficient (Wildman–Crippen LogP) is 2.79. The lowest BCUT2D eigenvalue weighted by atomic mass is 10.2. The van der Waals surface area contributed by atoms with Crippen molar-refractivity contribution in [3.8, 4) is 5.75 Å². The average molecular weight is 253 g/mol. The molecule has 4 heteroatoms. The van der Waals surface area contributed by atoms with Crippen LogP contribution in [0.3, 0.4) is 0 Å². The number of benzene rings is 1. The topological polar surface area (TPSA) is 49.3 Å². The third kappa shape index (κ3) is 5.13. The number of para-hydroxylation sites is 1. The van der Waals surface area contributed by atoms with Gasteiger partial charge in [-0.2, -0.15) is 0 Å². The van der Waals surface area contributed by atoms with Crippen LogP contribution in [0.2, 0.25) is 0 Å². The highest BCUT2D eigenvalue weighted by Gasteiger charge is 2.08. The third-order valence-electron chi connectivity index (χ3n) is 2.35. The summed E-state index contributed by atoms with van der Waals surface area (Å²) in [6.07, 6.45) is 2.06. The van der Waals surface area contributed by atoms with E-state index in [2.05, 4.69) is 12.2 Å². The van der Waals surface area contributed by atoms with Crippen molar-refractivity contribution in [1.29, 1.82) is 0 Å². The van der Waals surface area contributed by atoms with Crippen molar-refractivity contribution in [3.05, 3.63) is 24.3 Å². The van der Waals surface area contributed by atoms with Crippen molar-refractivity contribution in [2.24, 2.45) is 0 Å². The number of nitrogens with one attached hydrogen (secondary N) is 1. The lowest BCUT2D eigenvalue weighted by Gasteiger charge is -2.12. The highest BCUT2D eigenvalue weighted by Crippen LogP contribution is 2.27. The fraction of sp³-hybridized carbons (Fsp3) is 0.462. The zero-order valence-electron chi connectivity index (χ0n) is 10.3. The third-order valence-corrected chi connectivity index (χ3v) is 3.42. The maximum Gasteiger partial charge on any atom is 0.230 e. The molecule has 1 aromatic carbocycles. The summed E-state index contributed by atoms with van der Waals surface area (Å²) in [7, 11) is 0. The zero-order chi connectivity index (χ0) is 12.7. The molecule has 0 radical (unpaired) electrons. The van der Waals surface area contributed by atoms with Gasteiger partial charge in [0.1, 0.15) is 5.75 Å². The minimum absolute atomic E-state index is 0.0132. The van der Waals surface area contributed by atoms with E-state index in [1.165, 1.54) is 11.8 Å². The predicted molar refractivity (Wildman–Crippen MR) is 71.3 cm³/mol. The summed E-state index contributed by atoms with van der Waals surface area (Å²) in [5.41, 5.74) is 0. The van der Waals surface area contributed by atoms with Crippen LogP contribution in [0.15, 0.2) is 29.2 Å². The standard InChI is InChI=1S/C13H19NO2S/c1-3-6-10(2)14-13(16)9-17-12-8-5-4-7-11(12)15/h4-5,7-8,10,15H,3,6,9H2,1-2H3,(H,14,16). The van der Waals surface area contributed by atoms with Crippen LogP contribution < -0.4 is 5.32 Å². The molecule has 94 valence electrons. The maximum atomic E-state index is 11.6. The van der Waals surface area contributed by atoms with Gasteiger partial charge < -0.3 is 10.4 Å². The van der Waals surface area contributed by atoms with Gasteiger partial charge in [0.25, 0.3) is 0 Å². The molecule has 0 aromatic heterocycles. The summed E-state index contributed by atoms with van der Waals surface area (Å²) in [5.74, 6) is 0.581. The molecule has 0 spiro atoms. The normalized spacial score (nSPS) is 12.1. The Morgan fingerprint density at radius 1 is 1.47 bits per heavy atom. The molecule has 0 saturated carbocycles. The first kappa shape index (κ1) is 13.9. The van der Waals surface area contributed by atoms with Gasteiger partial charge in [0, 0.05) is 10.9 Å². The highest BCUT2D eigenvalue weighted by atomic mass is 32.2. The molecule has 1 amide bonds. The first-order valence-electron chi connectivity index (χ1n) is 5.83. The van der Waals surface area contributed by atoms with E-state index in [4.69, 9.17) is 0 Å². The molecule has 17 heavy (non-hydrogen) atoms. The Hall–Kier alpha value is -1.16. The lowest BCUT2D eigenvalue weighted by molar-refractivity contribution is -0.119. The number of hydrogen-bond acceptors (Lipinski definition) is 3. The molecule has 0 aliphatic heterocycles. The Balaban J connectivity index is 2.36. The van der Waals surface area contributed by atoms with Crippen molar-refractivity contribution in [1.82, 2.24) is 5.32 Å². The van der Waals surface area contributed by atoms with Crippen molar-refractivity contribution in [2.45, 2.75) is 37.6 Å². The summed E-state index contributed by atoms with van der Waals surface area (Å²) < 4.78 is 0. The molecule has 1 rings (SSSR count). The molecular weight excluding hydrogens is 234 g/mol. The number of carbonyl (C=O) groups is 1. The summed E-state index contributed by atoms with van der Waals surface area (Å²) in [4.78, 5) is 12.3. The van der Waals surface area contributed by atoms with E-state index >= 15 is 0 Å². The molecule has 1 aromatic rings. The van der Waals surface area contributed by atoms with Crippen LogP contribution in [0.4, 0.5) is 0 Å². The minimum atomic E-state index is 0.0132. The Morgan fingerprint density at radius 2 is 2.18 bits per heavy atom. The fourth-order valence-corrected chi connectivity index (χ4v) is 2.30. The van der Waals surface area contributed by atoms with Crippen LogP contribution in [-0.2, 0) is 4.79 Å². The summed E-state index contributed by atoms with van der Waals surface area (Å²) in [5, 5.41) is 12.5. The second-order valence-electron chi connectivity index (χ2n) is 4.01. The smallest absolute Gasteiger partial charge is 0.230 e. The van der Waals surface area contributed by atoms with Gasteiger partial charge in [-0.05, 0) is 25.5 Å². The minimum Gasteiger partial charge on any atom is -0.507 e. The molecule has 1 atom stereocenters. The van der Waals surface area contributed by atoms with Crippen LogP contribution in [0, 0.1) is 0 Å². The van der Waals surface area contributed by atoms with E-state index in [9.17, 15) is 9.90 Å². The van der Waals surface area contributed by atoms with Crippen molar-refractivity contribution >= 4 is 17.7 Å². The quantitative estimate of drug-likeness (QED) is 0.766. The Labute approximate surface area is 107 Å². The highest BCUT2D eigenvalue weighted by molar-refractivity contribution is 8.00. The van der Waals surface area contributed by atoms with Crippen LogP contribution in [0.25, 0.3) is 0 Å². The van der Waals surface area contributed by atoms with E-state index < -0.39 is 0 Å². The molecule has 0 fully saturated rings. The number of aromatic hydroxyl groups is 1. The molecular formula is C13H19NO2S. The van der Waals surface area contributed by atoms with E-state index in [1.54, 1.807) is 12.1 Å². The van der Waals surface area contributed by atoms with E-state index in [-0.39, 0.29) is 17.7 Å². The number of hydrogen-bond donors (Lipinski definition) is 2. The molecule has 0 bridgehead atoms. The van der Waals surface area contributed by atoms with Crippen LogP contribution in [0.5, 0.6) is 5.75 Å². The van der Waals surface area contributed by atoms with Crippen LogP contribution in [0.1, 0.15) is 26.7 Å². The molecule has 3 nitrogen and oxygen atoms in total. The number of amides is 1.